The van der Waals surface area contributed by atoms with E-state index in [9.17, 15) is 4.79 Å². The van der Waals surface area contributed by atoms with Crippen LogP contribution in [0.3, 0.4) is 0 Å². The van der Waals surface area contributed by atoms with Crippen molar-refractivity contribution < 1.29 is 0 Å². The molecule has 1 heterocycles. The number of aromatic nitrogens is 2. The van der Waals surface area contributed by atoms with E-state index in [1.807, 2.05) is 0 Å². The van der Waals surface area contributed by atoms with E-state index >= 15 is 0 Å². The van der Waals surface area contributed by atoms with Gasteiger partial charge in [-0.05, 0) is 34.8 Å². The SMILES string of the molecule is Cn1nc(C2(N)CC2)cc(Br)c1=O. The third-order valence-electron chi connectivity index (χ3n) is 2.32. The lowest BCUT2D eigenvalue weighted by atomic mass is 10.2. The monoisotopic (exact) mass is 243 g/mol. The van der Waals surface area contributed by atoms with Gasteiger partial charge in [0.1, 0.15) is 0 Å². The molecule has 1 saturated carbocycles. The molecular formula is C8H10BrN3O. The second-order valence-corrected chi connectivity index (χ2v) is 4.32. The van der Waals surface area contributed by atoms with Crippen molar-refractivity contribution in [3.8, 4) is 0 Å². The van der Waals surface area contributed by atoms with Gasteiger partial charge in [-0.1, -0.05) is 0 Å². The highest BCUT2D eigenvalue weighted by atomic mass is 79.9. The molecule has 0 saturated heterocycles. The summed E-state index contributed by atoms with van der Waals surface area (Å²) in [7, 11) is 1.63. The van der Waals surface area contributed by atoms with Crippen molar-refractivity contribution in [1.29, 1.82) is 0 Å². The summed E-state index contributed by atoms with van der Waals surface area (Å²) < 4.78 is 1.84. The zero-order valence-corrected chi connectivity index (χ0v) is 8.84. The summed E-state index contributed by atoms with van der Waals surface area (Å²) in [6, 6.07) is 1.72. The molecule has 1 aliphatic rings. The van der Waals surface area contributed by atoms with E-state index in [0.29, 0.717) is 4.47 Å². The lowest BCUT2D eigenvalue weighted by molar-refractivity contribution is 0.611. The molecule has 70 valence electrons. The molecule has 0 unspecified atom stereocenters. The van der Waals surface area contributed by atoms with Crippen LogP contribution >= 0.6 is 15.9 Å². The lowest BCUT2D eigenvalue weighted by Crippen LogP contribution is -2.28. The third kappa shape index (κ3) is 1.42. The molecular weight excluding hydrogens is 234 g/mol. The highest BCUT2D eigenvalue weighted by Gasteiger charge is 2.42. The molecule has 0 spiro atoms. The Morgan fingerprint density at radius 2 is 2.31 bits per heavy atom. The maximum absolute atomic E-state index is 11.3. The summed E-state index contributed by atoms with van der Waals surface area (Å²) in [5, 5.41) is 4.12. The third-order valence-corrected chi connectivity index (χ3v) is 2.89. The van der Waals surface area contributed by atoms with Crippen molar-refractivity contribution in [1.82, 2.24) is 9.78 Å². The predicted octanol–water partition coefficient (Wildman–Crippen LogP) is 0.491. The molecule has 2 N–H and O–H groups in total. The van der Waals surface area contributed by atoms with Crippen molar-refractivity contribution in [2.45, 2.75) is 18.4 Å². The Kier molecular flexibility index (Phi) is 1.82. The second-order valence-electron chi connectivity index (χ2n) is 3.46. The number of aryl methyl sites for hydroxylation is 1. The van der Waals surface area contributed by atoms with E-state index in [1.165, 1.54) is 4.68 Å². The normalized spacial score (nSPS) is 18.7. The van der Waals surface area contributed by atoms with Crippen LogP contribution in [0.15, 0.2) is 15.3 Å². The zero-order valence-electron chi connectivity index (χ0n) is 7.25. The standard InChI is InChI=1S/C8H10BrN3O/c1-12-7(13)5(9)4-6(11-12)8(10)2-3-8/h4H,2-3,10H2,1H3. The van der Waals surface area contributed by atoms with Gasteiger partial charge in [0.05, 0.1) is 15.7 Å². The van der Waals surface area contributed by atoms with Crippen LogP contribution in [0, 0.1) is 0 Å². The van der Waals surface area contributed by atoms with Crippen molar-refractivity contribution in [2.75, 3.05) is 0 Å². The molecule has 0 bridgehead atoms. The summed E-state index contributed by atoms with van der Waals surface area (Å²) in [4.78, 5) is 11.3. The topological polar surface area (TPSA) is 60.9 Å². The van der Waals surface area contributed by atoms with Gasteiger partial charge in [0.25, 0.3) is 5.56 Å². The average molecular weight is 244 g/mol. The zero-order chi connectivity index (χ0) is 9.64. The molecule has 0 amide bonds. The fourth-order valence-corrected chi connectivity index (χ4v) is 1.68. The molecule has 1 aliphatic carbocycles. The molecule has 0 aliphatic heterocycles. The van der Waals surface area contributed by atoms with Crippen LogP contribution in [-0.2, 0) is 12.6 Å². The van der Waals surface area contributed by atoms with Crippen LogP contribution in [0.2, 0.25) is 0 Å². The van der Waals surface area contributed by atoms with Gasteiger partial charge in [0.2, 0.25) is 0 Å². The lowest BCUT2D eigenvalue weighted by Gasteiger charge is -2.09. The molecule has 1 aromatic rings. The van der Waals surface area contributed by atoms with Gasteiger partial charge >= 0.3 is 0 Å². The first kappa shape index (κ1) is 8.90. The number of nitrogens with zero attached hydrogens (tertiary/aromatic N) is 2. The summed E-state index contributed by atoms with van der Waals surface area (Å²) in [6.45, 7) is 0. The molecule has 1 aromatic heterocycles. The van der Waals surface area contributed by atoms with Crippen molar-refractivity contribution in [3.63, 3.8) is 0 Å². The number of hydrogen-bond donors (Lipinski definition) is 1. The summed E-state index contributed by atoms with van der Waals surface area (Å²) >= 11 is 3.19. The Balaban J connectivity index is 2.56. The van der Waals surface area contributed by atoms with Gasteiger partial charge in [0.15, 0.2) is 0 Å². The van der Waals surface area contributed by atoms with Crippen LogP contribution in [0.25, 0.3) is 0 Å². The van der Waals surface area contributed by atoms with Gasteiger partial charge in [-0.15, -0.1) is 0 Å². The fourth-order valence-electron chi connectivity index (χ4n) is 1.21. The van der Waals surface area contributed by atoms with Gasteiger partial charge < -0.3 is 5.73 Å². The summed E-state index contributed by atoms with van der Waals surface area (Å²) in [5.74, 6) is 0. The number of rotatable bonds is 1. The minimum Gasteiger partial charge on any atom is -0.320 e. The van der Waals surface area contributed by atoms with Gasteiger partial charge in [-0.2, -0.15) is 5.10 Å². The quantitative estimate of drug-likeness (QED) is 0.782. The number of halogens is 1. The van der Waals surface area contributed by atoms with E-state index < -0.39 is 0 Å². The Morgan fingerprint density at radius 3 is 2.77 bits per heavy atom. The smallest absolute Gasteiger partial charge is 0.280 e. The molecule has 13 heavy (non-hydrogen) atoms. The molecule has 5 heteroatoms. The van der Waals surface area contributed by atoms with E-state index in [2.05, 4.69) is 21.0 Å². The second kappa shape index (κ2) is 2.65. The molecule has 0 radical (unpaired) electrons. The maximum Gasteiger partial charge on any atom is 0.280 e. The van der Waals surface area contributed by atoms with E-state index in [0.717, 1.165) is 18.5 Å². The molecule has 0 aromatic carbocycles. The van der Waals surface area contributed by atoms with Gasteiger partial charge in [0, 0.05) is 7.05 Å². The van der Waals surface area contributed by atoms with Crippen molar-refractivity contribution in [2.24, 2.45) is 12.8 Å². The van der Waals surface area contributed by atoms with Gasteiger partial charge in [-0.3, -0.25) is 4.79 Å². The first-order valence-corrected chi connectivity index (χ1v) is 4.85. The van der Waals surface area contributed by atoms with E-state index in [1.54, 1.807) is 13.1 Å². The fraction of sp³-hybridized carbons (Fsp3) is 0.500. The van der Waals surface area contributed by atoms with Crippen LogP contribution in [0.4, 0.5) is 0 Å². The Hall–Kier alpha value is -0.680. The largest absolute Gasteiger partial charge is 0.320 e. The summed E-state index contributed by atoms with van der Waals surface area (Å²) in [6.07, 6.45) is 1.90. The minimum atomic E-state index is -0.284. The van der Waals surface area contributed by atoms with E-state index in [4.69, 9.17) is 5.73 Å². The summed E-state index contributed by atoms with van der Waals surface area (Å²) in [5.41, 5.74) is 6.33. The van der Waals surface area contributed by atoms with Gasteiger partial charge in [-0.25, -0.2) is 4.68 Å². The number of nitrogens with two attached hydrogens (primary N) is 1. The highest BCUT2D eigenvalue weighted by Crippen LogP contribution is 2.41. The van der Waals surface area contributed by atoms with E-state index in [-0.39, 0.29) is 11.1 Å². The van der Waals surface area contributed by atoms with Crippen molar-refractivity contribution >= 4 is 15.9 Å². The Morgan fingerprint density at radius 1 is 1.69 bits per heavy atom. The first-order valence-electron chi connectivity index (χ1n) is 4.06. The molecule has 2 rings (SSSR count). The molecule has 4 nitrogen and oxygen atoms in total. The minimum absolute atomic E-state index is 0.131. The highest BCUT2D eigenvalue weighted by molar-refractivity contribution is 9.10. The van der Waals surface area contributed by atoms with Crippen LogP contribution in [0.1, 0.15) is 18.5 Å². The van der Waals surface area contributed by atoms with Crippen LogP contribution in [0.5, 0.6) is 0 Å². The Labute approximate surface area is 83.9 Å². The molecule has 0 atom stereocenters. The first-order chi connectivity index (χ1) is 6.03. The molecule has 1 fully saturated rings. The van der Waals surface area contributed by atoms with Crippen LogP contribution < -0.4 is 11.3 Å². The van der Waals surface area contributed by atoms with Crippen LogP contribution in [-0.4, -0.2) is 9.78 Å². The Bertz CT molecular complexity index is 382. The average Bonchev–Trinajstić information content (AvgIpc) is 2.80. The number of hydrogen-bond acceptors (Lipinski definition) is 3. The maximum atomic E-state index is 11.3. The predicted molar refractivity (Wildman–Crippen MR) is 52.3 cm³/mol. The van der Waals surface area contributed by atoms with Crippen molar-refractivity contribution in [3.05, 3.63) is 26.6 Å².